The maximum absolute atomic E-state index is 5.65. The van der Waals surface area contributed by atoms with Crippen LogP contribution >= 0.6 is 11.8 Å². The first-order valence-electron chi connectivity index (χ1n) is 6.58. The van der Waals surface area contributed by atoms with E-state index < -0.39 is 0 Å². The van der Waals surface area contributed by atoms with Gasteiger partial charge >= 0.3 is 0 Å². The van der Waals surface area contributed by atoms with Crippen molar-refractivity contribution in [2.24, 2.45) is 0 Å². The lowest BCUT2D eigenvalue weighted by molar-refractivity contribution is 0.437. The van der Waals surface area contributed by atoms with Gasteiger partial charge in [0.05, 0.1) is 12.3 Å². The molecular weight excluding hydrogens is 272 g/mol. The van der Waals surface area contributed by atoms with Gasteiger partial charge in [0.1, 0.15) is 11.3 Å². The molecule has 1 N–H and O–H groups in total. The van der Waals surface area contributed by atoms with Gasteiger partial charge in [-0.1, -0.05) is 23.9 Å². The monoisotopic (exact) mass is 288 g/mol. The number of fused-ring (bicyclic) bond motifs is 1. The summed E-state index contributed by atoms with van der Waals surface area (Å²) in [6, 6.07) is 11.9. The molecule has 0 radical (unpaired) electrons. The summed E-state index contributed by atoms with van der Waals surface area (Å²) in [6.07, 6.45) is 1.70. The smallest absolute Gasteiger partial charge is 0.256 e. The number of rotatable bonds is 6. The van der Waals surface area contributed by atoms with Crippen molar-refractivity contribution >= 4 is 22.9 Å². The lowest BCUT2D eigenvalue weighted by Gasteiger charge is -2.09. The zero-order valence-electron chi connectivity index (χ0n) is 11.2. The summed E-state index contributed by atoms with van der Waals surface area (Å²) >= 11 is 1.61. The van der Waals surface area contributed by atoms with Crippen molar-refractivity contribution in [3.63, 3.8) is 0 Å². The Bertz CT molecular complexity index is 630. The van der Waals surface area contributed by atoms with E-state index in [1.807, 2.05) is 36.4 Å². The lowest BCUT2D eigenvalue weighted by atomic mass is 10.2. The van der Waals surface area contributed by atoms with E-state index in [1.165, 1.54) is 0 Å². The molecule has 3 rings (SSSR count). The van der Waals surface area contributed by atoms with E-state index >= 15 is 0 Å². The highest BCUT2D eigenvalue weighted by Crippen LogP contribution is 2.22. The molecule has 0 aliphatic rings. The zero-order valence-corrected chi connectivity index (χ0v) is 12.0. The van der Waals surface area contributed by atoms with Gasteiger partial charge in [0.15, 0.2) is 5.58 Å². The highest BCUT2D eigenvalue weighted by Gasteiger charge is 2.08. The number of oxazole rings is 1. The molecule has 20 heavy (non-hydrogen) atoms. The summed E-state index contributed by atoms with van der Waals surface area (Å²) in [6.45, 7) is 2.95. The number of aromatic nitrogens is 1. The van der Waals surface area contributed by atoms with Crippen LogP contribution in [0.3, 0.4) is 0 Å². The number of para-hydroxylation sites is 2. The molecule has 2 aromatic heterocycles. The summed E-state index contributed by atoms with van der Waals surface area (Å²) in [5.41, 5.74) is 1.75. The van der Waals surface area contributed by atoms with Crippen LogP contribution in [0.5, 0.6) is 0 Å². The summed E-state index contributed by atoms with van der Waals surface area (Å²) < 4.78 is 11.0. The molecule has 0 aliphatic carbocycles. The predicted octanol–water partition coefficient (Wildman–Crippen LogP) is 3.86. The molecule has 1 unspecified atom stereocenters. The van der Waals surface area contributed by atoms with Gasteiger partial charge in [0.25, 0.3) is 5.22 Å². The number of hydrogen-bond donors (Lipinski definition) is 1. The minimum absolute atomic E-state index is 0.217. The van der Waals surface area contributed by atoms with Crippen LogP contribution in [0.25, 0.3) is 11.1 Å². The highest BCUT2D eigenvalue weighted by atomic mass is 32.2. The lowest BCUT2D eigenvalue weighted by Crippen LogP contribution is -2.20. The van der Waals surface area contributed by atoms with E-state index in [0.717, 1.165) is 34.4 Å². The molecule has 0 saturated carbocycles. The summed E-state index contributed by atoms with van der Waals surface area (Å²) in [5, 5.41) is 4.13. The molecule has 2 heterocycles. The van der Waals surface area contributed by atoms with Crippen molar-refractivity contribution in [3.8, 4) is 0 Å². The Hall–Kier alpha value is -1.72. The van der Waals surface area contributed by atoms with Gasteiger partial charge in [-0.15, -0.1) is 0 Å². The molecule has 3 aromatic rings. The minimum Gasteiger partial charge on any atom is -0.468 e. The van der Waals surface area contributed by atoms with Gasteiger partial charge in [-0.2, -0.15) is 0 Å². The Morgan fingerprint density at radius 1 is 1.25 bits per heavy atom. The fraction of sp³-hybridized carbons (Fsp3) is 0.267. The van der Waals surface area contributed by atoms with Crippen molar-refractivity contribution in [2.45, 2.75) is 18.2 Å². The second-order valence-corrected chi connectivity index (χ2v) is 5.53. The van der Waals surface area contributed by atoms with Crippen LogP contribution < -0.4 is 5.32 Å². The zero-order chi connectivity index (χ0) is 13.8. The summed E-state index contributed by atoms with van der Waals surface area (Å²) in [5.74, 6) is 1.86. The number of benzene rings is 1. The largest absolute Gasteiger partial charge is 0.468 e. The van der Waals surface area contributed by atoms with Crippen molar-refractivity contribution in [1.29, 1.82) is 0 Å². The third-order valence-electron chi connectivity index (χ3n) is 3.02. The number of thioether (sulfide) groups is 1. The van der Waals surface area contributed by atoms with Gasteiger partial charge < -0.3 is 14.2 Å². The Kier molecular flexibility index (Phi) is 4.08. The van der Waals surface area contributed by atoms with Crippen molar-refractivity contribution in [1.82, 2.24) is 10.3 Å². The van der Waals surface area contributed by atoms with Crippen LogP contribution in [-0.2, 0) is 0 Å². The van der Waals surface area contributed by atoms with Crippen LogP contribution in [0.15, 0.2) is 56.7 Å². The van der Waals surface area contributed by atoms with E-state index in [4.69, 9.17) is 8.83 Å². The molecule has 1 aromatic carbocycles. The number of nitrogens with one attached hydrogen (secondary N) is 1. The fourth-order valence-electron chi connectivity index (χ4n) is 1.96. The Morgan fingerprint density at radius 3 is 2.95 bits per heavy atom. The van der Waals surface area contributed by atoms with Gasteiger partial charge in [0, 0.05) is 12.3 Å². The molecule has 0 spiro atoms. The van der Waals surface area contributed by atoms with E-state index in [2.05, 4.69) is 17.2 Å². The molecule has 1 atom stereocenters. The molecule has 0 saturated heterocycles. The normalized spacial score (nSPS) is 12.8. The third-order valence-corrected chi connectivity index (χ3v) is 3.85. The molecule has 0 aliphatic heterocycles. The van der Waals surface area contributed by atoms with Gasteiger partial charge in [0.2, 0.25) is 0 Å². The van der Waals surface area contributed by atoms with Crippen LogP contribution in [-0.4, -0.2) is 17.3 Å². The molecule has 0 amide bonds. The second-order valence-electron chi connectivity index (χ2n) is 4.49. The molecular formula is C15H16N2O2S. The molecule has 5 heteroatoms. The fourth-order valence-corrected chi connectivity index (χ4v) is 2.67. The van der Waals surface area contributed by atoms with E-state index in [-0.39, 0.29) is 6.04 Å². The standard InChI is InChI=1S/C15H16N2O2S/c1-11(13-7-4-9-18-13)16-8-10-20-15-17-12-5-2-3-6-14(12)19-15/h2-7,9,11,16H,8,10H2,1H3. The number of hydrogen-bond acceptors (Lipinski definition) is 5. The SMILES string of the molecule is CC(NCCSc1nc2ccccc2o1)c1ccco1. The third kappa shape index (κ3) is 3.05. The quantitative estimate of drug-likeness (QED) is 0.551. The van der Waals surface area contributed by atoms with Crippen LogP contribution in [0.1, 0.15) is 18.7 Å². The van der Waals surface area contributed by atoms with Crippen molar-refractivity contribution < 1.29 is 8.83 Å². The molecule has 0 bridgehead atoms. The number of nitrogens with zero attached hydrogens (tertiary/aromatic N) is 1. The Balaban J connectivity index is 1.48. The van der Waals surface area contributed by atoms with Gasteiger partial charge in [-0.3, -0.25) is 0 Å². The molecule has 4 nitrogen and oxygen atoms in total. The van der Waals surface area contributed by atoms with Crippen LogP contribution in [0, 0.1) is 0 Å². The maximum Gasteiger partial charge on any atom is 0.256 e. The van der Waals surface area contributed by atoms with Crippen LogP contribution in [0.2, 0.25) is 0 Å². The first-order chi connectivity index (χ1) is 9.83. The summed E-state index contributed by atoms with van der Waals surface area (Å²) in [4.78, 5) is 4.43. The maximum atomic E-state index is 5.65. The Morgan fingerprint density at radius 2 is 2.15 bits per heavy atom. The second kappa shape index (κ2) is 6.15. The summed E-state index contributed by atoms with van der Waals surface area (Å²) in [7, 11) is 0. The molecule has 0 fully saturated rings. The number of furan rings is 1. The van der Waals surface area contributed by atoms with Gasteiger partial charge in [-0.25, -0.2) is 4.98 Å². The topological polar surface area (TPSA) is 51.2 Å². The van der Waals surface area contributed by atoms with E-state index in [0.29, 0.717) is 0 Å². The van der Waals surface area contributed by atoms with Crippen LogP contribution in [0.4, 0.5) is 0 Å². The van der Waals surface area contributed by atoms with E-state index in [9.17, 15) is 0 Å². The van der Waals surface area contributed by atoms with Crippen molar-refractivity contribution in [3.05, 3.63) is 48.4 Å². The predicted molar refractivity (Wildman–Crippen MR) is 79.9 cm³/mol. The average molecular weight is 288 g/mol. The molecule has 104 valence electrons. The minimum atomic E-state index is 0.217. The average Bonchev–Trinajstić information content (AvgIpc) is 3.11. The van der Waals surface area contributed by atoms with Crippen molar-refractivity contribution in [2.75, 3.05) is 12.3 Å². The Labute approximate surface area is 121 Å². The van der Waals surface area contributed by atoms with E-state index in [1.54, 1.807) is 18.0 Å². The van der Waals surface area contributed by atoms with Gasteiger partial charge in [-0.05, 0) is 31.2 Å². The first-order valence-corrected chi connectivity index (χ1v) is 7.56. The first kappa shape index (κ1) is 13.3. The highest BCUT2D eigenvalue weighted by molar-refractivity contribution is 7.99.